The molecular formula is C12H16O3S. The average Bonchev–Trinajstić information content (AvgIpc) is 2.26. The van der Waals surface area contributed by atoms with Gasteiger partial charge >= 0.3 is 5.97 Å². The van der Waals surface area contributed by atoms with Crippen molar-refractivity contribution in [1.29, 1.82) is 0 Å². The molecule has 1 N–H and O–H groups in total. The SMILES string of the molecule is CC(C)OC(=O)CSc1cccc(CO)c1. The van der Waals surface area contributed by atoms with Crippen molar-refractivity contribution in [3.05, 3.63) is 29.8 Å². The van der Waals surface area contributed by atoms with Crippen LogP contribution >= 0.6 is 11.8 Å². The summed E-state index contributed by atoms with van der Waals surface area (Å²) in [5.74, 6) is 0.0852. The second-order valence-corrected chi connectivity index (χ2v) is 4.68. The molecular weight excluding hydrogens is 224 g/mol. The highest BCUT2D eigenvalue weighted by atomic mass is 32.2. The summed E-state index contributed by atoms with van der Waals surface area (Å²) in [4.78, 5) is 12.3. The molecule has 0 atom stereocenters. The van der Waals surface area contributed by atoms with E-state index in [1.165, 1.54) is 11.8 Å². The third kappa shape index (κ3) is 4.68. The highest BCUT2D eigenvalue weighted by Gasteiger charge is 2.06. The normalized spacial score (nSPS) is 10.5. The fraction of sp³-hybridized carbons (Fsp3) is 0.417. The Labute approximate surface area is 99.8 Å². The number of thioether (sulfide) groups is 1. The molecule has 4 heteroatoms. The first kappa shape index (κ1) is 13.1. The van der Waals surface area contributed by atoms with Crippen molar-refractivity contribution in [1.82, 2.24) is 0 Å². The molecule has 3 nitrogen and oxygen atoms in total. The van der Waals surface area contributed by atoms with Crippen molar-refractivity contribution in [3.8, 4) is 0 Å². The molecule has 0 saturated heterocycles. The molecule has 1 aromatic rings. The molecule has 16 heavy (non-hydrogen) atoms. The maximum atomic E-state index is 11.3. The van der Waals surface area contributed by atoms with Gasteiger partial charge in [0, 0.05) is 4.90 Å². The van der Waals surface area contributed by atoms with E-state index in [4.69, 9.17) is 9.84 Å². The Morgan fingerprint density at radius 1 is 1.50 bits per heavy atom. The monoisotopic (exact) mass is 240 g/mol. The molecule has 0 aliphatic carbocycles. The fourth-order valence-electron chi connectivity index (χ4n) is 1.17. The molecule has 0 aromatic heterocycles. The van der Waals surface area contributed by atoms with Crippen molar-refractivity contribution in [2.75, 3.05) is 5.75 Å². The first-order chi connectivity index (χ1) is 7.61. The number of benzene rings is 1. The number of ether oxygens (including phenoxy) is 1. The van der Waals surface area contributed by atoms with Crippen LogP contribution in [-0.2, 0) is 16.1 Å². The Kier molecular flexibility index (Phi) is 5.35. The zero-order valence-electron chi connectivity index (χ0n) is 9.47. The van der Waals surface area contributed by atoms with Crippen LogP contribution in [-0.4, -0.2) is 22.9 Å². The number of aliphatic hydroxyl groups excluding tert-OH is 1. The molecule has 0 amide bonds. The van der Waals surface area contributed by atoms with Gasteiger partial charge in [0.2, 0.25) is 0 Å². The van der Waals surface area contributed by atoms with Crippen LogP contribution in [0.15, 0.2) is 29.2 Å². The van der Waals surface area contributed by atoms with E-state index in [1.807, 2.05) is 38.1 Å². The first-order valence-corrected chi connectivity index (χ1v) is 6.12. The highest BCUT2D eigenvalue weighted by molar-refractivity contribution is 8.00. The third-order valence-corrected chi connectivity index (χ3v) is 2.77. The number of carbonyl (C=O) groups is 1. The largest absolute Gasteiger partial charge is 0.462 e. The number of carbonyl (C=O) groups excluding carboxylic acids is 1. The van der Waals surface area contributed by atoms with Crippen LogP contribution in [0.1, 0.15) is 19.4 Å². The van der Waals surface area contributed by atoms with Crippen LogP contribution in [0.5, 0.6) is 0 Å². The summed E-state index contributed by atoms with van der Waals surface area (Å²) in [6.45, 7) is 3.68. The quantitative estimate of drug-likeness (QED) is 0.633. The van der Waals surface area contributed by atoms with E-state index in [1.54, 1.807) is 0 Å². The summed E-state index contributed by atoms with van der Waals surface area (Å²) in [5.41, 5.74) is 0.849. The number of aliphatic hydroxyl groups is 1. The van der Waals surface area contributed by atoms with E-state index in [2.05, 4.69) is 0 Å². The minimum Gasteiger partial charge on any atom is -0.462 e. The van der Waals surface area contributed by atoms with Gasteiger partial charge in [0.15, 0.2) is 0 Å². The van der Waals surface area contributed by atoms with Crippen molar-refractivity contribution in [2.24, 2.45) is 0 Å². The third-order valence-electron chi connectivity index (χ3n) is 1.80. The van der Waals surface area contributed by atoms with Crippen LogP contribution in [0.3, 0.4) is 0 Å². The van der Waals surface area contributed by atoms with Gasteiger partial charge < -0.3 is 9.84 Å². The van der Waals surface area contributed by atoms with Crippen LogP contribution < -0.4 is 0 Å². The molecule has 0 saturated carbocycles. The Hall–Kier alpha value is -1.00. The molecule has 0 spiro atoms. The lowest BCUT2D eigenvalue weighted by Crippen LogP contribution is -2.13. The topological polar surface area (TPSA) is 46.5 Å². The van der Waals surface area contributed by atoms with E-state index >= 15 is 0 Å². The molecule has 0 heterocycles. The average molecular weight is 240 g/mol. The lowest BCUT2D eigenvalue weighted by molar-refractivity contribution is -0.144. The van der Waals surface area contributed by atoms with Crippen molar-refractivity contribution in [3.63, 3.8) is 0 Å². The predicted molar refractivity (Wildman–Crippen MR) is 64.3 cm³/mol. The lowest BCUT2D eigenvalue weighted by atomic mass is 10.2. The summed E-state index contributed by atoms with van der Waals surface area (Å²) in [7, 11) is 0. The molecule has 0 aliphatic rings. The number of esters is 1. The maximum Gasteiger partial charge on any atom is 0.316 e. The van der Waals surface area contributed by atoms with Gasteiger partial charge in [-0.25, -0.2) is 0 Å². The highest BCUT2D eigenvalue weighted by Crippen LogP contribution is 2.19. The number of rotatable bonds is 5. The van der Waals surface area contributed by atoms with Crippen molar-refractivity contribution < 1.29 is 14.6 Å². The molecule has 1 aromatic carbocycles. The second kappa shape index (κ2) is 6.55. The lowest BCUT2D eigenvalue weighted by Gasteiger charge is -2.07. The molecule has 1 rings (SSSR count). The molecule has 0 radical (unpaired) electrons. The van der Waals surface area contributed by atoms with Gasteiger partial charge in [-0.3, -0.25) is 4.79 Å². The summed E-state index contributed by atoms with van der Waals surface area (Å²) in [6, 6.07) is 7.48. The summed E-state index contributed by atoms with van der Waals surface area (Å²) < 4.78 is 5.02. The number of hydrogen-bond donors (Lipinski definition) is 1. The minimum absolute atomic E-state index is 0.0187. The molecule has 0 fully saturated rings. The van der Waals surface area contributed by atoms with Gasteiger partial charge in [0.1, 0.15) is 0 Å². The summed E-state index contributed by atoms with van der Waals surface area (Å²) >= 11 is 1.41. The van der Waals surface area contributed by atoms with Gasteiger partial charge in [-0.2, -0.15) is 0 Å². The molecule has 88 valence electrons. The van der Waals surface area contributed by atoms with Crippen LogP contribution in [0.4, 0.5) is 0 Å². The molecule has 0 bridgehead atoms. The summed E-state index contributed by atoms with van der Waals surface area (Å²) in [6.07, 6.45) is -0.0723. The van der Waals surface area contributed by atoms with E-state index < -0.39 is 0 Å². The van der Waals surface area contributed by atoms with Gasteiger partial charge in [-0.15, -0.1) is 11.8 Å². The van der Waals surface area contributed by atoms with E-state index in [0.29, 0.717) is 5.75 Å². The Bertz CT molecular complexity index is 350. The van der Waals surface area contributed by atoms with Crippen molar-refractivity contribution in [2.45, 2.75) is 31.5 Å². The van der Waals surface area contributed by atoms with Crippen LogP contribution in [0.25, 0.3) is 0 Å². The van der Waals surface area contributed by atoms with Crippen LogP contribution in [0, 0.1) is 0 Å². The first-order valence-electron chi connectivity index (χ1n) is 5.14. The minimum atomic E-state index is -0.214. The van der Waals surface area contributed by atoms with E-state index in [0.717, 1.165) is 10.5 Å². The second-order valence-electron chi connectivity index (χ2n) is 3.63. The standard InChI is InChI=1S/C12H16O3S/c1-9(2)15-12(14)8-16-11-5-3-4-10(6-11)7-13/h3-6,9,13H,7-8H2,1-2H3. The van der Waals surface area contributed by atoms with Gasteiger partial charge in [0.25, 0.3) is 0 Å². The Morgan fingerprint density at radius 2 is 2.25 bits per heavy atom. The smallest absolute Gasteiger partial charge is 0.316 e. The molecule has 0 unspecified atom stereocenters. The fourth-order valence-corrected chi connectivity index (χ4v) is 1.93. The Balaban J connectivity index is 2.45. The van der Waals surface area contributed by atoms with Crippen LogP contribution in [0.2, 0.25) is 0 Å². The molecule has 0 aliphatic heterocycles. The predicted octanol–water partition coefficient (Wildman–Crippen LogP) is 2.22. The van der Waals surface area contributed by atoms with Gasteiger partial charge in [0.05, 0.1) is 18.5 Å². The van der Waals surface area contributed by atoms with Gasteiger partial charge in [-0.05, 0) is 31.5 Å². The Morgan fingerprint density at radius 3 is 2.88 bits per heavy atom. The van der Waals surface area contributed by atoms with Crippen molar-refractivity contribution >= 4 is 17.7 Å². The zero-order valence-corrected chi connectivity index (χ0v) is 10.3. The number of hydrogen-bond acceptors (Lipinski definition) is 4. The zero-order chi connectivity index (χ0) is 12.0. The maximum absolute atomic E-state index is 11.3. The van der Waals surface area contributed by atoms with Gasteiger partial charge in [-0.1, -0.05) is 12.1 Å². The van der Waals surface area contributed by atoms with E-state index in [9.17, 15) is 4.79 Å². The van der Waals surface area contributed by atoms with E-state index in [-0.39, 0.29) is 18.7 Å². The summed E-state index contributed by atoms with van der Waals surface area (Å²) in [5, 5.41) is 8.96.